The average molecular weight is 258 g/mol. The zero-order valence-corrected chi connectivity index (χ0v) is 12.3. The number of carbonyl (C=O) groups is 1. The third-order valence-electron chi connectivity index (χ3n) is 1.46. The Morgan fingerprint density at radius 3 is 2.35 bits per heavy atom. The molecule has 0 saturated carbocycles. The molecule has 1 aromatic heterocycles. The van der Waals surface area contributed by atoms with Gasteiger partial charge in [-0.15, -0.1) is 11.8 Å². The smallest absolute Gasteiger partial charge is 0.311 e. The standard InChI is InChI=1S/C8H10N2O2S.2C2H6/c1-12-8(11)4-6-3-7(13-2)10-5-9-6;2*1-2/h3,5H,4H2,1-2H3;2*1-2H3. The number of hydrogen-bond acceptors (Lipinski definition) is 5. The highest BCUT2D eigenvalue weighted by Gasteiger charge is 2.04. The van der Waals surface area contributed by atoms with Crippen LogP contribution < -0.4 is 0 Å². The van der Waals surface area contributed by atoms with Gasteiger partial charge in [-0.2, -0.15) is 0 Å². The summed E-state index contributed by atoms with van der Waals surface area (Å²) in [6, 6.07) is 1.78. The van der Waals surface area contributed by atoms with E-state index < -0.39 is 0 Å². The van der Waals surface area contributed by atoms with Crippen LogP contribution in [0.25, 0.3) is 0 Å². The third-order valence-corrected chi connectivity index (χ3v) is 2.10. The quantitative estimate of drug-likeness (QED) is 0.474. The second-order valence-corrected chi connectivity index (χ2v) is 3.13. The predicted octanol–water partition coefficient (Wildman–Crippen LogP) is 2.97. The maximum absolute atomic E-state index is 10.9. The van der Waals surface area contributed by atoms with Crippen molar-refractivity contribution in [3.63, 3.8) is 0 Å². The molecule has 1 heterocycles. The van der Waals surface area contributed by atoms with E-state index in [2.05, 4.69) is 14.7 Å². The number of thioether (sulfide) groups is 1. The van der Waals surface area contributed by atoms with Gasteiger partial charge in [-0.1, -0.05) is 27.7 Å². The number of aromatic nitrogens is 2. The van der Waals surface area contributed by atoms with Crippen LogP contribution in [0.15, 0.2) is 17.4 Å². The van der Waals surface area contributed by atoms with E-state index >= 15 is 0 Å². The van der Waals surface area contributed by atoms with Gasteiger partial charge in [0, 0.05) is 0 Å². The van der Waals surface area contributed by atoms with Gasteiger partial charge in [-0.05, 0) is 12.3 Å². The SMILES string of the molecule is CC.CC.COC(=O)Cc1cc(SC)ncn1. The molecule has 4 nitrogen and oxygen atoms in total. The number of esters is 1. The van der Waals surface area contributed by atoms with E-state index in [1.54, 1.807) is 6.07 Å². The van der Waals surface area contributed by atoms with Crippen molar-refractivity contribution in [2.24, 2.45) is 0 Å². The molecule has 98 valence electrons. The summed E-state index contributed by atoms with van der Waals surface area (Å²) in [6.45, 7) is 8.00. The number of ether oxygens (including phenoxy) is 1. The van der Waals surface area contributed by atoms with Gasteiger partial charge in [-0.25, -0.2) is 9.97 Å². The lowest BCUT2D eigenvalue weighted by molar-refractivity contribution is -0.139. The number of methoxy groups -OCH3 is 1. The molecule has 0 N–H and O–H groups in total. The van der Waals surface area contributed by atoms with Crippen LogP contribution in [0.3, 0.4) is 0 Å². The minimum atomic E-state index is -0.286. The predicted molar refractivity (Wildman–Crippen MR) is 72.2 cm³/mol. The van der Waals surface area contributed by atoms with Crippen molar-refractivity contribution in [2.45, 2.75) is 39.1 Å². The summed E-state index contributed by atoms with van der Waals surface area (Å²) in [5.41, 5.74) is 0.686. The summed E-state index contributed by atoms with van der Waals surface area (Å²) in [6.07, 6.45) is 3.57. The summed E-state index contributed by atoms with van der Waals surface area (Å²) in [5, 5.41) is 0.855. The fourth-order valence-electron chi connectivity index (χ4n) is 0.805. The maximum Gasteiger partial charge on any atom is 0.311 e. The molecule has 5 heteroatoms. The first kappa shape index (κ1) is 18.3. The average Bonchev–Trinajstić information content (AvgIpc) is 2.43. The maximum atomic E-state index is 10.9. The van der Waals surface area contributed by atoms with Crippen LogP contribution >= 0.6 is 11.8 Å². The molecule has 0 fully saturated rings. The molecule has 0 radical (unpaired) electrons. The normalized spacial score (nSPS) is 8.12. The lowest BCUT2D eigenvalue weighted by Crippen LogP contribution is -2.06. The molecule has 1 rings (SSSR count). The highest BCUT2D eigenvalue weighted by molar-refractivity contribution is 7.98. The number of hydrogen-bond donors (Lipinski definition) is 0. The number of rotatable bonds is 3. The van der Waals surface area contributed by atoms with Crippen molar-refractivity contribution in [2.75, 3.05) is 13.4 Å². The molecule has 0 bridgehead atoms. The zero-order chi connectivity index (χ0) is 13.7. The summed E-state index contributed by atoms with van der Waals surface area (Å²) in [7, 11) is 1.36. The Kier molecular flexibility index (Phi) is 13.9. The van der Waals surface area contributed by atoms with Crippen molar-refractivity contribution in [1.82, 2.24) is 9.97 Å². The van der Waals surface area contributed by atoms with E-state index in [1.807, 2.05) is 34.0 Å². The van der Waals surface area contributed by atoms with E-state index in [1.165, 1.54) is 25.2 Å². The van der Waals surface area contributed by atoms with Crippen LogP contribution in [0, 0.1) is 0 Å². The Hall–Kier alpha value is -1.10. The van der Waals surface area contributed by atoms with Crippen LogP contribution in [0.4, 0.5) is 0 Å². The highest BCUT2D eigenvalue weighted by atomic mass is 32.2. The fourth-order valence-corrected chi connectivity index (χ4v) is 1.21. The Labute approximate surface area is 108 Å². The molecule has 0 spiro atoms. The molecule has 0 aromatic carbocycles. The molecule has 1 aromatic rings. The summed E-state index contributed by atoms with van der Waals surface area (Å²) < 4.78 is 4.52. The molecule has 0 unspecified atom stereocenters. The van der Waals surface area contributed by atoms with Crippen LogP contribution in [0.5, 0.6) is 0 Å². The van der Waals surface area contributed by atoms with Gasteiger partial charge in [0.1, 0.15) is 6.33 Å². The van der Waals surface area contributed by atoms with Gasteiger partial charge in [0.25, 0.3) is 0 Å². The second-order valence-electron chi connectivity index (χ2n) is 2.30. The summed E-state index contributed by atoms with van der Waals surface area (Å²) in [4.78, 5) is 18.8. The van der Waals surface area contributed by atoms with Crippen LogP contribution in [-0.4, -0.2) is 29.3 Å². The van der Waals surface area contributed by atoms with E-state index in [9.17, 15) is 4.79 Å². The van der Waals surface area contributed by atoms with Crippen molar-refractivity contribution < 1.29 is 9.53 Å². The molecular weight excluding hydrogens is 236 g/mol. The molecule has 0 aliphatic heterocycles. The fraction of sp³-hybridized carbons (Fsp3) is 0.583. The third kappa shape index (κ3) is 8.68. The Morgan fingerprint density at radius 1 is 1.29 bits per heavy atom. The van der Waals surface area contributed by atoms with Gasteiger partial charge in [0.05, 0.1) is 24.3 Å². The first-order valence-electron chi connectivity index (χ1n) is 5.68. The van der Waals surface area contributed by atoms with Gasteiger partial charge in [0.2, 0.25) is 0 Å². The molecule has 0 aliphatic carbocycles. The van der Waals surface area contributed by atoms with E-state index in [4.69, 9.17) is 0 Å². The van der Waals surface area contributed by atoms with Crippen molar-refractivity contribution in [1.29, 1.82) is 0 Å². The van der Waals surface area contributed by atoms with Gasteiger partial charge in [-0.3, -0.25) is 4.79 Å². The molecule has 17 heavy (non-hydrogen) atoms. The minimum Gasteiger partial charge on any atom is -0.469 e. The topological polar surface area (TPSA) is 52.1 Å². The van der Waals surface area contributed by atoms with Gasteiger partial charge in [0.15, 0.2) is 0 Å². The first-order valence-corrected chi connectivity index (χ1v) is 6.90. The molecular formula is C12H22N2O2S. The summed E-state index contributed by atoms with van der Waals surface area (Å²) >= 11 is 1.51. The van der Waals surface area contributed by atoms with Crippen LogP contribution in [0.1, 0.15) is 33.4 Å². The monoisotopic (exact) mass is 258 g/mol. The summed E-state index contributed by atoms with van der Waals surface area (Å²) in [5.74, 6) is -0.286. The number of carbonyl (C=O) groups excluding carboxylic acids is 1. The van der Waals surface area contributed by atoms with Crippen molar-refractivity contribution in [3.8, 4) is 0 Å². The van der Waals surface area contributed by atoms with E-state index in [0.717, 1.165) is 5.03 Å². The molecule has 0 aliphatic rings. The van der Waals surface area contributed by atoms with Crippen molar-refractivity contribution >= 4 is 17.7 Å². The largest absolute Gasteiger partial charge is 0.469 e. The van der Waals surface area contributed by atoms with Crippen LogP contribution in [-0.2, 0) is 16.0 Å². The van der Waals surface area contributed by atoms with E-state index in [0.29, 0.717) is 5.69 Å². The minimum absolute atomic E-state index is 0.201. The Morgan fingerprint density at radius 2 is 1.88 bits per heavy atom. The van der Waals surface area contributed by atoms with Crippen molar-refractivity contribution in [3.05, 3.63) is 18.1 Å². The zero-order valence-electron chi connectivity index (χ0n) is 11.5. The molecule has 0 atom stereocenters. The first-order chi connectivity index (χ1) is 8.26. The Bertz CT molecular complexity index is 306. The highest BCUT2D eigenvalue weighted by Crippen LogP contribution is 2.10. The Balaban J connectivity index is 0. The molecule has 0 saturated heterocycles. The molecule has 0 amide bonds. The van der Waals surface area contributed by atoms with E-state index in [-0.39, 0.29) is 12.4 Å². The van der Waals surface area contributed by atoms with Gasteiger partial charge >= 0.3 is 5.97 Å². The lowest BCUT2D eigenvalue weighted by atomic mass is 10.3. The lowest BCUT2D eigenvalue weighted by Gasteiger charge is -1.99. The van der Waals surface area contributed by atoms with Crippen LogP contribution in [0.2, 0.25) is 0 Å². The number of nitrogens with zero attached hydrogens (tertiary/aromatic N) is 2. The van der Waals surface area contributed by atoms with Gasteiger partial charge < -0.3 is 4.74 Å². The second kappa shape index (κ2) is 13.0.